The largest absolute Gasteiger partial charge is 0.339 e. The molecular weight excluding hydrogens is 318 g/mol. The molecular formula is C14H13N5O3S. The van der Waals surface area contributed by atoms with Gasteiger partial charge in [-0.2, -0.15) is 0 Å². The molecule has 0 aromatic carbocycles. The monoisotopic (exact) mass is 331 g/mol. The summed E-state index contributed by atoms with van der Waals surface area (Å²) in [6.45, 7) is 1.72. The molecule has 3 rings (SSSR count). The summed E-state index contributed by atoms with van der Waals surface area (Å²) in [5.74, 6) is -1.19. The van der Waals surface area contributed by atoms with E-state index in [4.69, 9.17) is 0 Å². The molecule has 0 bridgehead atoms. The fraction of sp³-hybridized carbons (Fsp3) is 0.286. The van der Waals surface area contributed by atoms with Crippen LogP contribution in [0.15, 0.2) is 18.6 Å². The zero-order valence-corrected chi connectivity index (χ0v) is 13.0. The summed E-state index contributed by atoms with van der Waals surface area (Å²) in [6.07, 6.45) is 5.18. The van der Waals surface area contributed by atoms with Gasteiger partial charge in [-0.1, -0.05) is 0 Å². The molecule has 0 spiro atoms. The molecule has 3 heterocycles. The summed E-state index contributed by atoms with van der Waals surface area (Å²) in [6, 6.07) is -0.707. The number of hydrogen-bond acceptors (Lipinski definition) is 7. The smallest absolute Gasteiger partial charge is 0.263 e. The van der Waals surface area contributed by atoms with Gasteiger partial charge in [-0.3, -0.25) is 29.7 Å². The zero-order chi connectivity index (χ0) is 16.4. The predicted molar refractivity (Wildman–Crippen MR) is 81.5 cm³/mol. The summed E-state index contributed by atoms with van der Waals surface area (Å²) in [5, 5.41) is 5.44. The highest BCUT2D eigenvalue weighted by Crippen LogP contribution is 2.26. The summed E-state index contributed by atoms with van der Waals surface area (Å²) in [5.41, 5.74) is 1.14. The Labute approximate surface area is 135 Å². The van der Waals surface area contributed by atoms with E-state index in [1.807, 2.05) is 0 Å². The lowest BCUT2D eigenvalue weighted by Crippen LogP contribution is -2.52. The highest BCUT2D eigenvalue weighted by atomic mass is 32.1. The molecule has 9 heteroatoms. The van der Waals surface area contributed by atoms with Gasteiger partial charge in [0.25, 0.3) is 5.91 Å². The minimum absolute atomic E-state index is 0.212. The second kappa shape index (κ2) is 6.21. The third-order valence-corrected chi connectivity index (χ3v) is 4.51. The SMILES string of the molecule is Cc1nc(-c2cnccn2)sc1C(=O)NC1CCC(=O)NC1=O. The standard InChI is InChI=1S/C14H13N5O3S/c1-7-11(23-14(17-7)9-6-15-4-5-16-9)13(22)18-8-2-3-10(20)19-12(8)21/h4-6,8H,2-3H2,1H3,(H,18,22)(H,19,20,21). The van der Waals surface area contributed by atoms with E-state index < -0.39 is 11.9 Å². The van der Waals surface area contributed by atoms with Gasteiger partial charge in [-0.15, -0.1) is 11.3 Å². The highest BCUT2D eigenvalue weighted by Gasteiger charge is 2.29. The molecule has 2 aromatic heterocycles. The second-order valence-corrected chi connectivity index (χ2v) is 6.00. The van der Waals surface area contributed by atoms with E-state index in [2.05, 4.69) is 25.6 Å². The fourth-order valence-electron chi connectivity index (χ4n) is 2.18. The minimum Gasteiger partial charge on any atom is -0.339 e. The van der Waals surface area contributed by atoms with Crippen LogP contribution in [-0.2, 0) is 9.59 Å². The van der Waals surface area contributed by atoms with Crippen molar-refractivity contribution in [2.24, 2.45) is 0 Å². The third-order valence-electron chi connectivity index (χ3n) is 3.33. The normalized spacial score (nSPS) is 17.7. The molecule has 0 saturated carbocycles. The maximum Gasteiger partial charge on any atom is 0.263 e. The van der Waals surface area contributed by atoms with Crippen LogP contribution in [0, 0.1) is 6.92 Å². The number of carbonyl (C=O) groups excluding carboxylic acids is 3. The number of aromatic nitrogens is 3. The Morgan fingerprint density at radius 3 is 2.91 bits per heavy atom. The molecule has 3 amide bonds. The van der Waals surface area contributed by atoms with E-state index in [9.17, 15) is 14.4 Å². The number of imide groups is 1. The van der Waals surface area contributed by atoms with Gasteiger partial charge in [0, 0.05) is 18.8 Å². The van der Waals surface area contributed by atoms with Gasteiger partial charge in [-0.25, -0.2) is 4.98 Å². The van der Waals surface area contributed by atoms with Crippen LogP contribution in [0.25, 0.3) is 10.7 Å². The quantitative estimate of drug-likeness (QED) is 0.789. The molecule has 1 unspecified atom stereocenters. The topological polar surface area (TPSA) is 114 Å². The van der Waals surface area contributed by atoms with Crippen molar-refractivity contribution >= 4 is 29.1 Å². The predicted octanol–water partition coefficient (Wildman–Crippen LogP) is 0.444. The van der Waals surface area contributed by atoms with Gasteiger partial charge in [0.15, 0.2) is 0 Å². The molecule has 8 nitrogen and oxygen atoms in total. The maximum atomic E-state index is 12.4. The Balaban J connectivity index is 1.77. The molecule has 1 atom stereocenters. The van der Waals surface area contributed by atoms with Gasteiger partial charge >= 0.3 is 0 Å². The first kappa shape index (κ1) is 15.2. The molecule has 0 aliphatic carbocycles. The fourth-order valence-corrected chi connectivity index (χ4v) is 3.11. The lowest BCUT2D eigenvalue weighted by Gasteiger charge is -2.21. The third kappa shape index (κ3) is 3.24. The average Bonchev–Trinajstić information content (AvgIpc) is 2.93. The van der Waals surface area contributed by atoms with Crippen LogP contribution in [0.4, 0.5) is 0 Å². The Hall–Kier alpha value is -2.68. The Bertz CT molecular complexity index is 774. The second-order valence-electron chi connectivity index (χ2n) is 5.00. The molecule has 1 aliphatic rings. The number of hydrogen-bond donors (Lipinski definition) is 2. The van der Waals surface area contributed by atoms with Crippen molar-refractivity contribution < 1.29 is 14.4 Å². The van der Waals surface area contributed by atoms with Gasteiger partial charge in [0.05, 0.1) is 11.9 Å². The van der Waals surface area contributed by atoms with E-state index in [1.165, 1.54) is 11.3 Å². The van der Waals surface area contributed by atoms with Crippen LogP contribution in [0.1, 0.15) is 28.2 Å². The summed E-state index contributed by atoms with van der Waals surface area (Å²) in [7, 11) is 0. The molecule has 0 radical (unpaired) electrons. The lowest BCUT2D eigenvalue weighted by molar-refractivity contribution is -0.134. The van der Waals surface area contributed by atoms with Crippen LogP contribution in [0.3, 0.4) is 0 Å². The number of rotatable bonds is 3. The van der Waals surface area contributed by atoms with Crippen LogP contribution in [0.2, 0.25) is 0 Å². The van der Waals surface area contributed by atoms with Gasteiger partial charge < -0.3 is 5.32 Å². The van der Waals surface area contributed by atoms with Crippen molar-refractivity contribution in [3.05, 3.63) is 29.2 Å². The van der Waals surface area contributed by atoms with Crippen LogP contribution < -0.4 is 10.6 Å². The minimum atomic E-state index is -0.707. The Morgan fingerprint density at radius 1 is 1.39 bits per heavy atom. The van der Waals surface area contributed by atoms with E-state index in [1.54, 1.807) is 25.5 Å². The van der Waals surface area contributed by atoms with Crippen molar-refractivity contribution in [3.8, 4) is 10.7 Å². The summed E-state index contributed by atoms with van der Waals surface area (Å²) < 4.78 is 0. The van der Waals surface area contributed by atoms with E-state index in [-0.39, 0.29) is 18.2 Å². The highest BCUT2D eigenvalue weighted by molar-refractivity contribution is 7.17. The van der Waals surface area contributed by atoms with Crippen LogP contribution >= 0.6 is 11.3 Å². The average molecular weight is 331 g/mol. The number of nitrogens with zero attached hydrogens (tertiary/aromatic N) is 3. The first-order chi connectivity index (χ1) is 11.0. The number of carbonyl (C=O) groups is 3. The maximum absolute atomic E-state index is 12.4. The number of amides is 3. The first-order valence-corrected chi connectivity index (χ1v) is 7.74. The molecule has 2 aromatic rings. The molecule has 2 N–H and O–H groups in total. The summed E-state index contributed by atoms with van der Waals surface area (Å²) in [4.78, 5) is 48.1. The van der Waals surface area contributed by atoms with Gasteiger partial charge in [0.2, 0.25) is 11.8 Å². The number of piperidine rings is 1. The van der Waals surface area contributed by atoms with Crippen molar-refractivity contribution in [1.29, 1.82) is 0 Å². The van der Waals surface area contributed by atoms with Gasteiger partial charge in [-0.05, 0) is 13.3 Å². The van der Waals surface area contributed by atoms with Gasteiger partial charge in [0.1, 0.15) is 21.6 Å². The molecule has 1 saturated heterocycles. The Morgan fingerprint density at radius 2 is 2.22 bits per heavy atom. The van der Waals surface area contributed by atoms with Crippen LogP contribution in [-0.4, -0.2) is 38.7 Å². The van der Waals surface area contributed by atoms with E-state index in [0.717, 1.165) is 0 Å². The molecule has 118 valence electrons. The number of nitrogens with one attached hydrogen (secondary N) is 2. The Kier molecular flexibility index (Phi) is 4.11. The zero-order valence-electron chi connectivity index (χ0n) is 12.2. The van der Waals surface area contributed by atoms with Crippen LogP contribution in [0.5, 0.6) is 0 Å². The number of aryl methyl sites for hydroxylation is 1. The summed E-state index contributed by atoms with van der Waals surface area (Å²) >= 11 is 1.19. The molecule has 1 fully saturated rings. The van der Waals surface area contributed by atoms with Crippen molar-refractivity contribution in [2.45, 2.75) is 25.8 Å². The number of thiazole rings is 1. The first-order valence-electron chi connectivity index (χ1n) is 6.93. The van der Waals surface area contributed by atoms with E-state index in [0.29, 0.717) is 27.7 Å². The van der Waals surface area contributed by atoms with Crippen molar-refractivity contribution in [3.63, 3.8) is 0 Å². The van der Waals surface area contributed by atoms with Crippen molar-refractivity contribution in [2.75, 3.05) is 0 Å². The molecule has 23 heavy (non-hydrogen) atoms. The lowest BCUT2D eigenvalue weighted by atomic mass is 10.1. The molecule has 1 aliphatic heterocycles. The van der Waals surface area contributed by atoms with Crippen molar-refractivity contribution in [1.82, 2.24) is 25.6 Å². The van der Waals surface area contributed by atoms with E-state index >= 15 is 0 Å².